The van der Waals surface area contributed by atoms with Crippen LogP contribution >= 0.6 is 0 Å². The first-order chi connectivity index (χ1) is 9.67. The van der Waals surface area contributed by atoms with Crippen LogP contribution in [0.2, 0.25) is 0 Å². The summed E-state index contributed by atoms with van der Waals surface area (Å²) in [4.78, 5) is 25.1. The summed E-state index contributed by atoms with van der Waals surface area (Å²) in [6.45, 7) is 4.71. The summed E-state index contributed by atoms with van der Waals surface area (Å²) >= 11 is 0. The van der Waals surface area contributed by atoms with Gasteiger partial charge in [-0.25, -0.2) is 0 Å². The molecular weight excluding hydrogens is 254 g/mol. The Kier molecular flexibility index (Phi) is 8.31. The van der Waals surface area contributed by atoms with Gasteiger partial charge in [-0.05, 0) is 32.6 Å². The number of hydrogen-bond acceptors (Lipinski definition) is 3. The van der Waals surface area contributed by atoms with Gasteiger partial charge in [0.1, 0.15) is 6.54 Å². The highest BCUT2D eigenvalue weighted by Gasteiger charge is 2.17. The van der Waals surface area contributed by atoms with E-state index >= 15 is 0 Å². The standard InChI is InChI=1S/C16H29NO3/c1-3-17(13-16(19)20-4-2)15(18)12-8-11-14-9-6-5-7-10-14/h14H,3-13H2,1-2H3. The average Bonchev–Trinajstić information content (AvgIpc) is 2.46. The summed E-state index contributed by atoms with van der Waals surface area (Å²) < 4.78 is 4.89. The number of nitrogens with zero attached hydrogens (tertiary/aromatic N) is 1. The third-order valence-electron chi connectivity index (χ3n) is 4.09. The van der Waals surface area contributed by atoms with Crippen LogP contribution in [0.15, 0.2) is 0 Å². The molecule has 0 bridgehead atoms. The van der Waals surface area contributed by atoms with Crippen molar-refractivity contribution in [1.82, 2.24) is 4.90 Å². The third-order valence-corrected chi connectivity index (χ3v) is 4.09. The maximum atomic E-state index is 12.1. The van der Waals surface area contributed by atoms with Crippen molar-refractivity contribution in [1.29, 1.82) is 0 Å². The predicted octanol–water partition coefficient (Wildman–Crippen LogP) is 3.15. The molecule has 0 spiro atoms. The van der Waals surface area contributed by atoms with Gasteiger partial charge >= 0.3 is 5.97 Å². The monoisotopic (exact) mass is 283 g/mol. The van der Waals surface area contributed by atoms with E-state index in [0.717, 1.165) is 18.8 Å². The van der Waals surface area contributed by atoms with Gasteiger partial charge in [-0.15, -0.1) is 0 Å². The zero-order valence-corrected chi connectivity index (χ0v) is 13.0. The molecule has 0 unspecified atom stereocenters. The zero-order valence-electron chi connectivity index (χ0n) is 13.0. The van der Waals surface area contributed by atoms with Crippen LogP contribution < -0.4 is 0 Å². The fourth-order valence-corrected chi connectivity index (χ4v) is 2.91. The first kappa shape index (κ1) is 17.0. The van der Waals surface area contributed by atoms with E-state index in [0.29, 0.717) is 19.6 Å². The Labute approximate surface area is 122 Å². The molecule has 0 aromatic heterocycles. The van der Waals surface area contributed by atoms with Crippen molar-refractivity contribution >= 4 is 11.9 Å². The highest BCUT2D eigenvalue weighted by atomic mass is 16.5. The average molecular weight is 283 g/mol. The van der Waals surface area contributed by atoms with Gasteiger partial charge in [0.2, 0.25) is 5.91 Å². The lowest BCUT2D eigenvalue weighted by Crippen LogP contribution is -2.36. The van der Waals surface area contributed by atoms with Gasteiger partial charge in [0, 0.05) is 13.0 Å². The third kappa shape index (κ3) is 6.40. The van der Waals surface area contributed by atoms with Gasteiger partial charge in [0.05, 0.1) is 6.61 Å². The van der Waals surface area contributed by atoms with E-state index in [2.05, 4.69) is 0 Å². The molecule has 1 fully saturated rings. The van der Waals surface area contributed by atoms with Crippen LogP contribution in [0.4, 0.5) is 0 Å². The summed E-state index contributed by atoms with van der Waals surface area (Å²) in [5.74, 6) is 0.586. The van der Waals surface area contributed by atoms with Crippen molar-refractivity contribution in [2.75, 3.05) is 19.7 Å². The molecule has 0 aromatic carbocycles. The van der Waals surface area contributed by atoms with Gasteiger partial charge in [-0.3, -0.25) is 9.59 Å². The Bertz CT molecular complexity index is 298. The lowest BCUT2D eigenvalue weighted by molar-refractivity contribution is -0.148. The molecule has 116 valence electrons. The molecule has 0 atom stereocenters. The highest BCUT2D eigenvalue weighted by Crippen LogP contribution is 2.27. The molecule has 0 N–H and O–H groups in total. The summed E-state index contributed by atoms with van der Waals surface area (Å²) in [7, 11) is 0. The lowest BCUT2D eigenvalue weighted by Gasteiger charge is -2.23. The van der Waals surface area contributed by atoms with Crippen molar-refractivity contribution in [2.24, 2.45) is 5.92 Å². The van der Waals surface area contributed by atoms with Crippen LogP contribution in [-0.4, -0.2) is 36.5 Å². The van der Waals surface area contributed by atoms with E-state index in [1.807, 2.05) is 6.92 Å². The molecule has 0 aromatic rings. The van der Waals surface area contributed by atoms with Gasteiger partial charge < -0.3 is 9.64 Å². The molecular formula is C16H29NO3. The van der Waals surface area contributed by atoms with Gasteiger partial charge in [0.15, 0.2) is 0 Å². The van der Waals surface area contributed by atoms with Crippen LogP contribution in [0.25, 0.3) is 0 Å². The first-order valence-corrected chi connectivity index (χ1v) is 8.10. The quantitative estimate of drug-likeness (QED) is 0.643. The molecule has 1 aliphatic carbocycles. The van der Waals surface area contributed by atoms with Gasteiger partial charge in [-0.1, -0.05) is 32.1 Å². The van der Waals surface area contributed by atoms with Crippen LogP contribution in [0.5, 0.6) is 0 Å². The number of likely N-dealkylation sites (N-methyl/N-ethyl adjacent to an activating group) is 1. The summed E-state index contributed by atoms with van der Waals surface area (Å²) in [6, 6.07) is 0. The van der Waals surface area contributed by atoms with Crippen LogP contribution in [-0.2, 0) is 14.3 Å². The minimum atomic E-state index is -0.310. The van der Waals surface area contributed by atoms with Crippen molar-refractivity contribution in [3.05, 3.63) is 0 Å². The largest absolute Gasteiger partial charge is 0.465 e. The molecule has 20 heavy (non-hydrogen) atoms. The second-order valence-electron chi connectivity index (χ2n) is 5.61. The Morgan fingerprint density at radius 2 is 1.85 bits per heavy atom. The van der Waals surface area contributed by atoms with E-state index in [4.69, 9.17) is 4.74 Å². The number of rotatable bonds is 8. The number of esters is 1. The molecule has 0 saturated heterocycles. The molecule has 4 nitrogen and oxygen atoms in total. The van der Waals surface area contributed by atoms with E-state index in [1.165, 1.54) is 32.1 Å². The SMILES string of the molecule is CCOC(=O)CN(CC)C(=O)CCCC1CCCCC1. The summed E-state index contributed by atoms with van der Waals surface area (Å²) in [5.41, 5.74) is 0. The Morgan fingerprint density at radius 1 is 1.15 bits per heavy atom. The number of hydrogen-bond donors (Lipinski definition) is 0. The Hall–Kier alpha value is -1.06. The minimum absolute atomic E-state index is 0.0800. The lowest BCUT2D eigenvalue weighted by atomic mass is 9.86. The number of ether oxygens (including phenoxy) is 1. The van der Waals surface area contributed by atoms with Crippen molar-refractivity contribution in [2.45, 2.75) is 65.2 Å². The Morgan fingerprint density at radius 3 is 2.45 bits per heavy atom. The molecule has 1 amide bonds. The van der Waals surface area contributed by atoms with Crippen molar-refractivity contribution < 1.29 is 14.3 Å². The Balaban J connectivity index is 2.22. The zero-order chi connectivity index (χ0) is 14.8. The number of carbonyl (C=O) groups excluding carboxylic acids is 2. The van der Waals surface area contributed by atoms with Crippen molar-refractivity contribution in [3.63, 3.8) is 0 Å². The van der Waals surface area contributed by atoms with Crippen LogP contribution in [0, 0.1) is 5.92 Å². The molecule has 4 heteroatoms. The predicted molar refractivity (Wildman–Crippen MR) is 79.3 cm³/mol. The molecule has 1 aliphatic rings. The fourth-order valence-electron chi connectivity index (χ4n) is 2.91. The number of carbonyl (C=O) groups is 2. The fraction of sp³-hybridized carbons (Fsp3) is 0.875. The molecule has 1 rings (SSSR count). The van der Waals surface area contributed by atoms with E-state index in [-0.39, 0.29) is 18.4 Å². The second kappa shape index (κ2) is 9.78. The molecule has 1 saturated carbocycles. The van der Waals surface area contributed by atoms with E-state index in [9.17, 15) is 9.59 Å². The van der Waals surface area contributed by atoms with E-state index in [1.54, 1.807) is 11.8 Å². The molecule has 0 heterocycles. The van der Waals surface area contributed by atoms with Gasteiger partial charge in [0.25, 0.3) is 0 Å². The normalized spacial score (nSPS) is 15.9. The van der Waals surface area contributed by atoms with Crippen molar-refractivity contribution in [3.8, 4) is 0 Å². The van der Waals surface area contributed by atoms with Gasteiger partial charge in [-0.2, -0.15) is 0 Å². The molecule has 0 aliphatic heterocycles. The van der Waals surface area contributed by atoms with Crippen LogP contribution in [0.1, 0.15) is 65.2 Å². The first-order valence-electron chi connectivity index (χ1n) is 8.10. The summed E-state index contributed by atoms with van der Waals surface area (Å²) in [5, 5.41) is 0. The summed E-state index contributed by atoms with van der Waals surface area (Å²) in [6.07, 6.45) is 9.39. The maximum Gasteiger partial charge on any atom is 0.325 e. The maximum absolute atomic E-state index is 12.1. The number of amides is 1. The minimum Gasteiger partial charge on any atom is -0.465 e. The highest BCUT2D eigenvalue weighted by molar-refractivity contribution is 5.82. The van der Waals surface area contributed by atoms with Crippen LogP contribution in [0.3, 0.4) is 0 Å². The smallest absolute Gasteiger partial charge is 0.325 e. The topological polar surface area (TPSA) is 46.6 Å². The molecule has 0 radical (unpaired) electrons. The second-order valence-corrected chi connectivity index (χ2v) is 5.61. The van der Waals surface area contributed by atoms with E-state index < -0.39 is 0 Å².